The van der Waals surface area contributed by atoms with E-state index in [0.29, 0.717) is 30.3 Å². The summed E-state index contributed by atoms with van der Waals surface area (Å²) in [6.45, 7) is 2.71. The van der Waals surface area contributed by atoms with Crippen LogP contribution in [0.5, 0.6) is 0 Å². The number of aromatic nitrogens is 3. The van der Waals surface area contributed by atoms with E-state index >= 15 is 0 Å². The van der Waals surface area contributed by atoms with Gasteiger partial charge in [-0.2, -0.15) is 0 Å². The van der Waals surface area contributed by atoms with Gasteiger partial charge in [0.1, 0.15) is 0 Å². The lowest BCUT2D eigenvalue weighted by atomic mass is 10.2. The number of hydrogen-bond donors (Lipinski definition) is 0. The molecule has 0 aliphatic carbocycles. The number of halogens is 1. The first-order valence-electron chi connectivity index (χ1n) is 7.74. The molecule has 8 nitrogen and oxygen atoms in total. The average molecular weight is 364 g/mol. The minimum absolute atomic E-state index is 0. The maximum absolute atomic E-state index is 12.6. The molecule has 1 aliphatic rings. The van der Waals surface area contributed by atoms with Gasteiger partial charge in [-0.3, -0.25) is 4.79 Å². The summed E-state index contributed by atoms with van der Waals surface area (Å²) < 4.78 is 12.4. The molecule has 4 heterocycles. The van der Waals surface area contributed by atoms with Crippen molar-refractivity contribution in [3.8, 4) is 11.5 Å². The number of hydrogen-bond acceptors (Lipinski definition) is 6. The van der Waals surface area contributed by atoms with E-state index in [1.165, 1.54) is 0 Å². The van der Waals surface area contributed by atoms with Crippen LogP contribution in [0, 0.1) is 0 Å². The van der Waals surface area contributed by atoms with Crippen molar-refractivity contribution in [2.45, 2.75) is 0 Å². The highest BCUT2D eigenvalue weighted by Crippen LogP contribution is 2.22. The highest BCUT2D eigenvalue weighted by Gasteiger charge is 2.26. The molecule has 4 rings (SSSR count). The van der Waals surface area contributed by atoms with E-state index < -0.39 is 0 Å². The van der Waals surface area contributed by atoms with Crippen LogP contribution >= 0.6 is 12.4 Å². The van der Waals surface area contributed by atoms with Gasteiger partial charge in [0.2, 0.25) is 11.7 Å². The molecule has 3 aromatic heterocycles. The predicted molar refractivity (Wildman–Crippen MR) is 92.8 cm³/mol. The van der Waals surface area contributed by atoms with Crippen molar-refractivity contribution in [1.29, 1.82) is 0 Å². The molecule has 1 fully saturated rings. The fraction of sp³-hybridized carbons (Fsp3) is 0.312. The Morgan fingerprint density at radius 3 is 2.64 bits per heavy atom. The molecular weight excluding hydrogens is 346 g/mol. The topological polar surface area (TPSA) is 80.5 Å². The third-order valence-corrected chi connectivity index (χ3v) is 4.14. The molecule has 1 aliphatic heterocycles. The molecule has 0 saturated carbocycles. The second-order valence-electron chi connectivity index (χ2n) is 5.67. The van der Waals surface area contributed by atoms with Crippen LogP contribution in [-0.4, -0.2) is 51.7 Å². The Kier molecular flexibility index (Phi) is 4.80. The Morgan fingerprint density at radius 2 is 2.00 bits per heavy atom. The number of anilines is 1. The van der Waals surface area contributed by atoms with Gasteiger partial charge in [0.15, 0.2) is 11.5 Å². The first kappa shape index (κ1) is 17.1. The summed E-state index contributed by atoms with van der Waals surface area (Å²) >= 11 is 0. The van der Waals surface area contributed by atoms with Crippen molar-refractivity contribution in [3.05, 3.63) is 42.5 Å². The number of carbonyl (C=O) groups excluding carboxylic acids is 1. The molecule has 1 saturated heterocycles. The van der Waals surface area contributed by atoms with E-state index in [2.05, 4.69) is 15.0 Å². The van der Waals surface area contributed by atoms with E-state index in [0.717, 1.165) is 19.0 Å². The number of aryl methyl sites for hydroxylation is 1. The van der Waals surface area contributed by atoms with Crippen LogP contribution in [0.2, 0.25) is 0 Å². The van der Waals surface area contributed by atoms with Crippen LogP contribution < -0.4 is 4.90 Å². The summed E-state index contributed by atoms with van der Waals surface area (Å²) in [5, 5.41) is 3.87. The van der Waals surface area contributed by atoms with Crippen molar-refractivity contribution in [1.82, 2.24) is 19.6 Å². The lowest BCUT2D eigenvalue weighted by molar-refractivity contribution is 0.0735. The van der Waals surface area contributed by atoms with Gasteiger partial charge in [0, 0.05) is 51.7 Å². The number of carbonyl (C=O) groups is 1. The van der Waals surface area contributed by atoms with Crippen LogP contribution in [0.1, 0.15) is 10.5 Å². The van der Waals surface area contributed by atoms with Gasteiger partial charge < -0.3 is 23.3 Å². The average Bonchev–Trinajstić information content (AvgIpc) is 3.35. The summed E-state index contributed by atoms with van der Waals surface area (Å²) in [5.74, 6) is 1.80. The van der Waals surface area contributed by atoms with Crippen LogP contribution in [0.3, 0.4) is 0 Å². The van der Waals surface area contributed by atoms with Gasteiger partial charge in [0.25, 0.3) is 5.91 Å². The monoisotopic (exact) mass is 363 g/mol. The Bertz CT molecular complexity index is 834. The third kappa shape index (κ3) is 3.25. The number of rotatable bonds is 3. The largest absolute Gasteiger partial charge is 0.461 e. The van der Waals surface area contributed by atoms with E-state index in [1.807, 2.05) is 17.8 Å². The van der Waals surface area contributed by atoms with Gasteiger partial charge in [0.05, 0.1) is 6.26 Å². The Hall–Kier alpha value is -2.74. The number of furan rings is 1. The zero-order chi connectivity index (χ0) is 16.5. The fourth-order valence-corrected chi connectivity index (χ4v) is 2.84. The molecule has 25 heavy (non-hydrogen) atoms. The summed E-state index contributed by atoms with van der Waals surface area (Å²) in [6.07, 6.45) is 5.24. The standard InChI is InChI=1S/C16H17N5O3.ClH/c1-19-5-4-17-16(19)21-8-6-20(7-9-21)15(22)12-11-14(24-18-12)13-3-2-10-23-13;/h2-5,10-11H,6-9H2,1H3;1H. The molecule has 0 radical (unpaired) electrons. The number of nitrogens with zero attached hydrogens (tertiary/aromatic N) is 5. The number of amides is 1. The van der Waals surface area contributed by atoms with Crippen LogP contribution in [0.25, 0.3) is 11.5 Å². The van der Waals surface area contributed by atoms with Gasteiger partial charge >= 0.3 is 0 Å². The molecule has 0 bridgehead atoms. The minimum Gasteiger partial charge on any atom is -0.461 e. The van der Waals surface area contributed by atoms with E-state index in [4.69, 9.17) is 8.94 Å². The van der Waals surface area contributed by atoms with Crippen molar-refractivity contribution in [3.63, 3.8) is 0 Å². The van der Waals surface area contributed by atoms with Gasteiger partial charge in [-0.25, -0.2) is 4.98 Å². The molecule has 0 spiro atoms. The van der Waals surface area contributed by atoms with Crippen LogP contribution in [-0.2, 0) is 7.05 Å². The quantitative estimate of drug-likeness (QED) is 0.708. The molecule has 3 aromatic rings. The second kappa shape index (κ2) is 7.02. The van der Waals surface area contributed by atoms with Gasteiger partial charge in [-0.05, 0) is 12.1 Å². The maximum Gasteiger partial charge on any atom is 0.276 e. The molecular formula is C16H18ClN5O3. The fourth-order valence-electron chi connectivity index (χ4n) is 2.84. The molecule has 0 unspecified atom stereocenters. The Morgan fingerprint density at radius 1 is 1.20 bits per heavy atom. The summed E-state index contributed by atoms with van der Waals surface area (Å²) in [7, 11) is 1.96. The second-order valence-corrected chi connectivity index (χ2v) is 5.67. The Balaban J connectivity index is 0.00000182. The molecule has 0 atom stereocenters. The van der Waals surface area contributed by atoms with Crippen molar-refractivity contribution >= 4 is 24.3 Å². The lowest BCUT2D eigenvalue weighted by Crippen LogP contribution is -2.49. The minimum atomic E-state index is -0.129. The van der Waals surface area contributed by atoms with E-state index in [1.54, 1.807) is 35.6 Å². The van der Waals surface area contributed by atoms with Crippen molar-refractivity contribution in [2.24, 2.45) is 7.05 Å². The smallest absolute Gasteiger partial charge is 0.276 e. The molecule has 132 valence electrons. The van der Waals surface area contributed by atoms with Crippen molar-refractivity contribution in [2.75, 3.05) is 31.1 Å². The number of piperazine rings is 1. The Labute approximate surface area is 150 Å². The number of imidazole rings is 1. The molecule has 0 aromatic carbocycles. The SMILES string of the molecule is Cl.Cn1ccnc1N1CCN(C(=O)c2cc(-c3ccco3)on2)CC1. The van der Waals surface area contributed by atoms with E-state index in [-0.39, 0.29) is 18.3 Å². The first-order chi connectivity index (χ1) is 11.7. The van der Waals surface area contributed by atoms with Gasteiger partial charge in [-0.15, -0.1) is 12.4 Å². The predicted octanol–water partition coefficient (Wildman–Crippen LogP) is 2.05. The van der Waals surface area contributed by atoms with Crippen LogP contribution in [0.4, 0.5) is 5.95 Å². The lowest BCUT2D eigenvalue weighted by Gasteiger charge is -2.34. The highest BCUT2D eigenvalue weighted by molar-refractivity contribution is 5.93. The van der Waals surface area contributed by atoms with Gasteiger partial charge in [-0.1, -0.05) is 5.16 Å². The molecule has 9 heteroatoms. The summed E-state index contributed by atoms with van der Waals surface area (Å²) in [4.78, 5) is 20.9. The van der Waals surface area contributed by atoms with Crippen molar-refractivity contribution < 1.29 is 13.7 Å². The summed E-state index contributed by atoms with van der Waals surface area (Å²) in [6, 6.07) is 5.14. The normalized spacial score (nSPS) is 14.4. The zero-order valence-electron chi connectivity index (χ0n) is 13.7. The first-order valence-corrected chi connectivity index (χ1v) is 7.74. The molecule has 0 N–H and O–H groups in total. The van der Waals surface area contributed by atoms with Crippen LogP contribution in [0.15, 0.2) is 45.8 Å². The van der Waals surface area contributed by atoms with E-state index in [9.17, 15) is 4.79 Å². The maximum atomic E-state index is 12.6. The zero-order valence-corrected chi connectivity index (χ0v) is 14.5. The summed E-state index contributed by atoms with van der Waals surface area (Å²) in [5.41, 5.74) is 0.298. The molecule has 1 amide bonds. The highest BCUT2D eigenvalue weighted by atomic mass is 35.5. The third-order valence-electron chi connectivity index (χ3n) is 4.14.